The Kier molecular flexibility index (Phi) is 5.37. The molecule has 2 atom stereocenters. The van der Waals surface area contributed by atoms with E-state index in [0.717, 1.165) is 22.6 Å². The molecule has 2 N–H and O–H groups in total. The summed E-state index contributed by atoms with van der Waals surface area (Å²) in [5.41, 5.74) is 1.79. The SMILES string of the molecule is CCC(O)c1ccc(Oc2ccc(C(O)CC)cc2)cc1. The zero-order chi connectivity index (χ0) is 15.2. The van der Waals surface area contributed by atoms with Crippen molar-refractivity contribution < 1.29 is 14.9 Å². The smallest absolute Gasteiger partial charge is 0.127 e. The molecule has 112 valence electrons. The summed E-state index contributed by atoms with van der Waals surface area (Å²) in [6.45, 7) is 3.89. The predicted octanol–water partition coefficient (Wildman–Crippen LogP) is 4.37. The molecule has 0 fully saturated rings. The van der Waals surface area contributed by atoms with Gasteiger partial charge in [-0.3, -0.25) is 0 Å². The highest BCUT2D eigenvalue weighted by atomic mass is 16.5. The van der Waals surface area contributed by atoms with Crippen molar-refractivity contribution in [3.05, 3.63) is 59.7 Å². The van der Waals surface area contributed by atoms with Gasteiger partial charge < -0.3 is 14.9 Å². The number of aliphatic hydroxyl groups is 2. The Balaban J connectivity index is 2.04. The molecule has 2 aromatic carbocycles. The summed E-state index contributed by atoms with van der Waals surface area (Å²) in [5.74, 6) is 1.46. The van der Waals surface area contributed by atoms with E-state index in [-0.39, 0.29) is 0 Å². The zero-order valence-electron chi connectivity index (χ0n) is 12.5. The third-order valence-corrected chi connectivity index (χ3v) is 3.54. The van der Waals surface area contributed by atoms with E-state index in [2.05, 4.69) is 0 Å². The van der Waals surface area contributed by atoms with Gasteiger partial charge in [-0.25, -0.2) is 0 Å². The lowest BCUT2D eigenvalue weighted by atomic mass is 10.1. The molecule has 0 saturated heterocycles. The summed E-state index contributed by atoms with van der Waals surface area (Å²) in [6.07, 6.45) is 0.547. The van der Waals surface area contributed by atoms with Gasteiger partial charge in [0, 0.05) is 0 Å². The average molecular weight is 286 g/mol. The average Bonchev–Trinajstić information content (AvgIpc) is 2.55. The number of ether oxygens (including phenoxy) is 1. The number of aliphatic hydroxyl groups excluding tert-OH is 2. The van der Waals surface area contributed by atoms with Crippen LogP contribution in [0.2, 0.25) is 0 Å². The number of rotatable bonds is 6. The quantitative estimate of drug-likeness (QED) is 0.829. The van der Waals surface area contributed by atoms with Crippen molar-refractivity contribution in [2.24, 2.45) is 0 Å². The van der Waals surface area contributed by atoms with E-state index in [1.165, 1.54) is 0 Å². The van der Waals surface area contributed by atoms with Crippen LogP contribution in [0.5, 0.6) is 11.5 Å². The van der Waals surface area contributed by atoms with Gasteiger partial charge in [0.2, 0.25) is 0 Å². The molecule has 3 heteroatoms. The van der Waals surface area contributed by atoms with Crippen LogP contribution in [0.15, 0.2) is 48.5 Å². The third-order valence-electron chi connectivity index (χ3n) is 3.54. The minimum Gasteiger partial charge on any atom is -0.457 e. The van der Waals surface area contributed by atoms with Gasteiger partial charge in [-0.15, -0.1) is 0 Å². The Bertz CT molecular complexity index is 494. The molecule has 21 heavy (non-hydrogen) atoms. The van der Waals surface area contributed by atoms with Crippen molar-refractivity contribution in [1.29, 1.82) is 0 Å². The molecular formula is C18H22O3. The Morgan fingerprint density at radius 2 is 1.05 bits per heavy atom. The monoisotopic (exact) mass is 286 g/mol. The van der Waals surface area contributed by atoms with E-state index in [0.29, 0.717) is 12.8 Å². The molecular weight excluding hydrogens is 264 g/mol. The van der Waals surface area contributed by atoms with Crippen LogP contribution in [0.4, 0.5) is 0 Å². The summed E-state index contributed by atoms with van der Waals surface area (Å²) >= 11 is 0. The molecule has 0 bridgehead atoms. The number of hydrogen-bond donors (Lipinski definition) is 2. The lowest BCUT2D eigenvalue weighted by Gasteiger charge is -2.11. The Labute approximate surface area is 125 Å². The molecule has 0 spiro atoms. The van der Waals surface area contributed by atoms with Gasteiger partial charge in [-0.2, -0.15) is 0 Å². The number of hydrogen-bond acceptors (Lipinski definition) is 3. The van der Waals surface area contributed by atoms with Crippen LogP contribution in [0, 0.1) is 0 Å². The van der Waals surface area contributed by atoms with Gasteiger partial charge in [-0.05, 0) is 48.2 Å². The van der Waals surface area contributed by atoms with Crippen molar-refractivity contribution >= 4 is 0 Å². The molecule has 0 saturated carbocycles. The van der Waals surface area contributed by atoms with E-state index in [9.17, 15) is 10.2 Å². The van der Waals surface area contributed by atoms with Crippen LogP contribution in [0.3, 0.4) is 0 Å². The van der Waals surface area contributed by atoms with Crippen molar-refractivity contribution in [2.45, 2.75) is 38.9 Å². The first-order valence-corrected chi connectivity index (χ1v) is 7.38. The molecule has 2 rings (SSSR count). The van der Waals surface area contributed by atoms with Gasteiger partial charge in [-0.1, -0.05) is 38.1 Å². The number of benzene rings is 2. The van der Waals surface area contributed by atoms with Crippen LogP contribution in [0.1, 0.15) is 50.0 Å². The Morgan fingerprint density at radius 1 is 0.714 bits per heavy atom. The van der Waals surface area contributed by atoms with Gasteiger partial charge >= 0.3 is 0 Å². The van der Waals surface area contributed by atoms with Crippen molar-refractivity contribution in [3.63, 3.8) is 0 Å². The standard InChI is InChI=1S/C18H22O3/c1-3-17(19)13-5-9-15(10-6-13)21-16-11-7-14(8-12-16)18(20)4-2/h5-12,17-20H,3-4H2,1-2H3. The second-order valence-electron chi connectivity index (χ2n) is 5.09. The zero-order valence-corrected chi connectivity index (χ0v) is 12.5. The molecule has 0 amide bonds. The maximum absolute atomic E-state index is 9.75. The molecule has 0 aromatic heterocycles. The fraction of sp³-hybridized carbons (Fsp3) is 0.333. The molecule has 3 nitrogen and oxygen atoms in total. The second-order valence-corrected chi connectivity index (χ2v) is 5.09. The Hall–Kier alpha value is -1.84. The highest BCUT2D eigenvalue weighted by Gasteiger charge is 2.06. The molecule has 0 heterocycles. The van der Waals surface area contributed by atoms with Gasteiger partial charge in [0.25, 0.3) is 0 Å². The van der Waals surface area contributed by atoms with Crippen molar-refractivity contribution in [1.82, 2.24) is 0 Å². The van der Waals surface area contributed by atoms with E-state index in [1.807, 2.05) is 62.4 Å². The first-order valence-electron chi connectivity index (χ1n) is 7.38. The molecule has 0 aliphatic carbocycles. The maximum atomic E-state index is 9.75. The summed E-state index contributed by atoms with van der Waals surface area (Å²) in [4.78, 5) is 0. The van der Waals surface area contributed by atoms with Gasteiger partial charge in [0.05, 0.1) is 12.2 Å². The highest BCUT2D eigenvalue weighted by Crippen LogP contribution is 2.26. The molecule has 0 radical (unpaired) electrons. The van der Waals surface area contributed by atoms with Crippen LogP contribution in [-0.2, 0) is 0 Å². The van der Waals surface area contributed by atoms with E-state index in [1.54, 1.807) is 0 Å². The Morgan fingerprint density at radius 3 is 1.33 bits per heavy atom. The van der Waals surface area contributed by atoms with Gasteiger partial charge in [0.15, 0.2) is 0 Å². The van der Waals surface area contributed by atoms with Gasteiger partial charge in [0.1, 0.15) is 11.5 Å². The summed E-state index contributed by atoms with van der Waals surface area (Å²) in [6, 6.07) is 14.9. The van der Waals surface area contributed by atoms with Crippen LogP contribution in [-0.4, -0.2) is 10.2 Å². The first kappa shape index (κ1) is 15.5. The van der Waals surface area contributed by atoms with E-state index >= 15 is 0 Å². The predicted molar refractivity (Wildman–Crippen MR) is 83.5 cm³/mol. The summed E-state index contributed by atoms with van der Waals surface area (Å²) in [5, 5.41) is 19.5. The summed E-state index contributed by atoms with van der Waals surface area (Å²) < 4.78 is 5.75. The van der Waals surface area contributed by atoms with Crippen LogP contribution in [0.25, 0.3) is 0 Å². The van der Waals surface area contributed by atoms with Crippen molar-refractivity contribution in [2.75, 3.05) is 0 Å². The first-order chi connectivity index (χ1) is 10.1. The fourth-order valence-electron chi connectivity index (χ4n) is 2.12. The molecule has 2 aromatic rings. The maximum Gasteiger partial charge on any atom is 0.127 e. The molecule has 0 aliphatic heterocycles. The lowest BCUT2D eigenvalue weighted by Crippen LogP contribution is -1.95. The fourth-order valence-corrected chi connectivity index (χ4v) is 2.12. The summed E-state index contributed by atoms with van der Waals surface area (Å²) in [7, 11) is 0. The van der Waals surface area contributed by atoms with Crippen LogP contribution < -0.4 is 4.74 Å². The van der Waals surface area contributed by atoms with E-state index in [4.69, 9.17) is 4.74 Å². The lowest BCUT2D eigenvalue weighted by molar-refractivity contribution is 0.173. The molecule has 2 unspecified atom stereocenters. The molecule has 0 aliphatic rings. The van der Waals surface area contributed by atoms with Crippen LogP contribution >= 0.6 is 0 Å². The largest absolute Gasteiger partial charge is 0.457 e. The normalized spacial score (nSPS) is 13.7. The second kappa shape index (κ2) is 7.25. The highest BCUT2D eigenvalue weighted by molar-refractivity contribution is 5.35. The topological polar surface area (TPSA) is 49.7 Å². The van der Waals surface area contributed by atoms with E-state index < -0.39 is 12.2 Å². The van der Waals surface area contributed by atoms with Crippen molar-refractivity contribution in [3.8, 4) is 11.5 Å². The minimum absolute atomic E-state index is 0.422. The minimum atomic E-state index is -0.422. The third kappa shape index (κ3) is 4.06.